The summed E-state index contributed by atoms with van der Waals surface area (Å²) in [6.07, 6.45) is 7.65. The first kappa shape index (κ1) is 26.4. The van der Waals surface area contributed by atoms with E-state index in [2.05, 4.69) is 9.97 Å². The van der Waals surface area contributed by atoms with Crippen molar-refractivity contribution < 1.29 is 38.7 Å². The molecule has 0 bridgehead atoms. The Morgan fingerprint density at radius 1 is 0.789 bits per heavy atom. The Morgan fingerprint density at radius 2 is 1.37 bits per heavy atom. The van der Waals surface area contributed by atoms with Crippen LogP contribution in [0, 0.1) is 11.8 Å². The van der Waals surface area contributed by atoms with Gasteiger partial charge in [0.15, 0.2) is 11.4 Å². The molecule has 2 aromatic heterocycles. The predicted octanol–water partition coefficient (Wildman–Crippen LogP) is 4.49. The second-order valence-corrected chi connectivity index (χ2v) is 10.4. The van der Waals surface area contributed by atoms with E-state index in [1.165, 1.54) is 31.7 Å². The van der Waals surface area contributed by atoms with Gasteiger partial charge in [0, 0.05) is 30.3 Å². The van der Waals surface area contributed by atoms with Crippen molar-refractivity contribution in [3.63, 3.8) is 0 Å². The summed E-state index contributed by atoms with van der Waals surface area (Å²) < 4.78 is 22.5. The van der Waals surface area contributed by atoms with Crippen LogP contribution in [0.25, 0.3) is 0 Å². The Labute approximate surface area is 221 Å². The summed E-state index contributed by atoms with van der Waals surface area (Å²) in [6.45, 7) is 3.40. The molecule has 2 aliphatic carbocycles. The van der Waals surface area contributed by atoms with Gasteiger partial charge in [0.2, 0.25) is 11.8 Å². The average molecular weight is 527 g/mol. The van der Waals surface area contributed by atoms with E-state index in [4.69, 9.17) is 29.2 Å². The summed E-state index contributed by atoms with van der Waals surface area (Å²) >= 11 is 0. The predicted molar refractivity (Wildman–Crippen MR) is 135 cm³/mol. The summed E-state index contributed by atoms with van der Waals surface area (Å²) in [6, 6.07) is 6.65. The Hall–Kier alpha value is -3.24. The van der Waals surface area contributed by atoms with Gasteiger partial charge in [0.05, 0.1) is 25.9 Å². The molecule has 4 fully saturated rings. The number of hydrogen-bond donors (Lipinski definition) is 2. The molecular formula is C28H34N2O8. The topological polar surface area (TPSA) is 137 Å². The number of hydrogen-bond acceptors (Lipinski definition) is 8. The highest BCUT2D eigenvalue weighted by Gasteiger charge is 2.28. The van der Waals surface area contributed by atoms with Crippen LogP contribution in [-0.2, 0) is 9.47 Å². The van der Waals surface area contributed by atoms with Gasteiger partial charge in [-0.3, -0.25) is 0 Å². The van der Waals surface area contributed by atoms with E-state index < -0.39 is 11.9 Å². The zero-order valence-corrected chi connectivity index (χ0v) is 21.3. The molecule has 38 heavy (non-hydrogen) atoms. The van der Waals surface area contributed by atoms with Gasteiger partial charge in [-0.25, -0.2) is 19.6 Å². The van der Waals surface area contributed by atoms with E-state index in [-0.39, 0.29) is 23.4 Å². The molecule has 2 unspecified atom stereocenters. The van der Waals surface area contributed by atoms with Crippen LogP contribution < -0.4 is 9.47 Å². The zero-order chi connectivity index (χ0) is 26.5. The van der Waals surface area contributed by atoms with Gasteiger partial charge in [-0.2, -0.15) is 0 Å². The monoisotopic (exact) mass is 526 g/mol. The standard InChI is InChI=1S/2C14H17NO4/c16-14(17)12-4-3-11(10-5-6-18-8-10)13(15-12)19-7-9-1-2-9;16-14(17)11-6-5-10(12-2-1-7-18-12)13(15-11)19-8-9-3-4-9/h3-4,9-10H,1-2,5-8H2,(H,16,17);5-6,9,12H,1-4,7-8H2,(H,16,17). The second kappa shape index (κ2) is 12.1. The molecule has 0 aromatic carbocycles. The van der Waals surface area contributed by atoms with Crippen LogP contribution in [0.15, 0.2) is 24.3 Å². The molecule has 2 aliphatic heterocycles. The third-order valence-electron chi connectivity index (χ3n) is 7.17. The lowest BCUT2D eigenvalue weighted by molar-refractivity contribution is 0.0678. The fourth-order valence-electron chi connectivity index (χ4n) is 4.49. The number of carboxylic acid groups (broad SMARTS) is 2. The van der Waals surface area contributed by atoms with Gasteiger partial charge in [-0.15, -0.1) is 0 Å². The normalized spacial score (nSPS) is 22.4. The van der Waals surface area contributed by atoms with Gasteiger partial charge < -0.3 is 29.2 Å². The SMILES string of the molecule is O=C(O)c1ccc(C2CCCO2)c(OCC2CC2)n1.O=C(O)c1ccc(C2CCOC2)c(OCC2CC2)n1. The van der Waals surface area contributed by atoms with Crippen LogP contribution in [0.4, 0.5) is 0 Å². The number of aromatic carboxylic acids is 2. The van der Waals surface area contributed by atoms with Crippen LogP contribution in [0.5, 0.6) is 11.8 Å². The van der Waals surface area contributed by atoms with E-state index in [0.717, 1.165) is 43.6 Å². The summed E-state index contributed by atoms with van der Waals surface area (Å²) in [7, 11) is 0. The Bertz CT molecular complexity index is 1050. The lowest BCUT2D eigenvalue weighted by atomic mass is 9.99. The molecule has 4 aliphatic rings. The second-order valence-electron chi connectivity index (χ2n) is 10.4. The molecule has 2 saturated carbocycles. The van der Waals surface area contributed by atoms with Crippen LogP contribution in [-0.4, -0.2) is 65.2 Å². The quantitative estimate of drug-likeness (QED) is 0.455. The van der Waals surface area contributed by atoms with Gasteiger partial charge in [0.25, 0.3) is 0 Å². The van der Waals surface area contributed by atoms with Crippen molar-refractivity contribution in [2.45, 2.75) is 57.0 Å². The van der Waals surface area contributed by atoms with E-state index in [1.807, 2.05) is 6.07 Å². The number of carboxylic acids is 2. The number of carbonyl (C=O) groups is 2. The van der Waals surface area contributed by atoms with Crippen LogP contribution >= 0.6 is 0 Å². The third kappa shape index (κ3) is 6.99. The Kier molecular flexibility index (Phi) is 8.38. The third-order valence-corrected chi connectivity index (χ3v) is 7.17. The molecule has 2 aromatic rings. The van der Waals surface area contributed by atoms with Crippen LogP contribution in [0.3, 0.4) is 0 Å². The lowest BCUT2D eigenvalue weighted by Gasteiger charge is -2.15. The molecule has 10 nitrogen and oxygen atoms in total. The van der Waals surface area contributed by atoms with Gasteiger partial charge in [-0.05, 0) is 75.0 Å². The molecular weight excluding hydrogens is 492 g/mol. The van der Waals surface area contributed by atoms with E-state index in [0.29, 0.717) is 43.4 Å². The van der Waals surface area contributed by atoms with E-state index in [1.54, 1.807) is 12.1 Å². The summed E-state index contributed by atoms with van der Waals surface area (Å²) in [5, 5.41) is 18.0. The molecule has 2 saturated heterocycles. The number of pyridine rings is 2. The van der Waals surface area contributed by atoms with Crippen molar-refractivity contribution in [3.05, 3.63) is 46.8 Å². The fraction of sp³-hybridized carbons (Fsp3) is 0.571. The van der Waals surface area contributed by atoms with Crippen LogP contribution in [0.1, 0.15) is 89.1 Å². The first-order valence-electron chi connectivity index (χ1n) is 13.4. The minimum atomic E-state index is -1.03. The number of aromatic nitrogens is 2. The smallest absolute Gasteiger partial charge is 0.354 e. The summed E-state index contributed by atoms with van der Waals surface area (Å²) in [5.74, 6) is 0.335. The van der Waals surface area contributed by atoms with Crippen LogP contribution in [0.2, 0.25) is 0 Å². The fourth-order valence-corrected chi connectivity index (χ4v) is 4.49. The van der Waals surface area contributed by atoms with Gasteiger partial charge >= 0.3 is 11.9 Å². The molecule has 0 radical (unpaired) electrons. The van der Waals surface area contributed by atoms with Crippen molar-refractivity contribution in [2.75, 3.05) is 33.0 Å². The molecule has 10 heteroatoms. The highest BCUT2D eigenvalue weighted by Crippen LogP contribution is 2.36. The molecule has 0 spiro atoms. The number of ether oxygens (including phenoxy) is 4. The molecule has 2 atom stereocenters. The first-order chi connectivity index (χ1) is 18.5. The van der Waals surface area contributed by atoms with Crippen molar-refractivity contribution >= 4 is 11.9 Å². The molecule has 204 valence electrons. The Morgan fingerprint density at radius 3 is 1.84 bits per heavy atom. The van der Waals surface area contributed by atoms with Crippen molar-refractivity contribution in [3.8, 4) is 11.8 Å². The van der Waals surface area contributed by atoms with E-state index in [9.17, 15) is 9.59 Å². The average Bonchev–Trinajstić information content (AvgIpc) is 3.81. The maximum Gasteiger partial charge on any atom is 0.354 e. The maximum atomic E-state index is 11.0. The summed E-state index contributed by atoms with van der Waals surface area (Å²) in [4.78, 5) is 30.2. The minimum Gasteiger partial charge on any atom is -0.477 e. The minimum absolute atomic E-state index is 0.00968. The van der Waals surface area contributed by atoms with Crippen molar-refractivity contribution in [2.24, 2.45) is 11.8 Å². The summed E-state index contributed by atoms with van der Waals surface area (Å²) in [5.41, 5.74) is 1.91. The van der Waals surface area contributed by atoms with Crippen molar-refractivity contribution in [1.29, 1.82) is 0 Å². The largest absolute Gasteiger partial charge is 0.477 e. The highest BCUT2D eigenvalue weighted by molar-refractivity contribution is 5.86. The zero-order valence-electron chi connectivity index (χ0n) is 21.3. The first-order valence-corrected chi connectivity index (χ1v) is 13.4. The molecule has 4 heterocycles. The number of nitrogens with zero attached hydrogens (tertiary/aromatic N) is 2. The van der Waals surface area contributed by atoms with Gasteiger partial charge in [-0.1, -0.05) is 6.07 Å². The Balaban J connectivity index is 0.000000155. The highest BCUT2D eigenvalue weighted by atomic mass is 16.5. The van der Waals surface area contributed by atoms with Crippen molar-refractivity contribution in [1.82, 2.24) is 9.97 Å². The lowest BCUT2D eigenvalue weighted by Crippen LogP contribution is -2.10. The molecule has 6 rings (SSSR count). The molecule has 0 amide bonds. The maximum absolute atomic E-state index is 11.0. The number of rotatable bonds is 10. The van der Waals surface area contributed by atoms with E-state index >= 15 is 0 Å². The molecule has 2 N–H and O–H groups in total. The van der Waals surface area contributed by atoms with Gasteiger partial charge in [0.1, 0.15) is 0 Å².